The van der Waals surface area contributed by atoms with Gasteiger partial charge in [-0.15, -0.1) is 0 Å². The van der Waals surface area contributed by atoms with E-state index in [4.69, 9.17) is 0 Å². The van der Waals surface area contributed by atoms with E-state index in [0.29, 0.717) is 22.6 Å². The Hall–Kier alpha value is -1.99. The smallest absolute Gasteiger partial charge is 0.259 e. The van der Waals surface area contributed by atoms with E-state index >= 15 is 0 Å². The van der Waals surface area contributed by atoms with Crippen LogP contribution in [0.2, 0.25) is 0 Å². The third-order valence-electron chi connectivity index (χ3n) is 3.51. The van der Waals surface area contributed by atoms with Crippen LogP contribution in [0.1, 0.15) is 16.1 Å². The molecule has 24 heavy (non-hydrogen) atoms. The van der Waals surface area contributed by atoms with Gasteiger partial charge in [-0.25, -0.2) is 9.07 Å². The average molecular weight is 453 g/mol. The van der Waals surface area contributed by atoms with Crippen LogP contribution in [0.15, 0.2) is 57.6 Å². The lowest BCUT2D eigenvalue weighted by Gasteiger charge is -2.09. The van der Waals surface area contributed by atoms with Crippen LogP contribution in [0, 0.1) is 12.7 Å². The molecule has 0 unspecified atom stereocenters. The summed E-state index contributed by atoms with van der Waals surface area (Å²) in [4.78, 5) is 12.5. The van der Waals surface area contributed by atoms with E-state index in [0.717, 1.165) is 8.95 Å². The number of aromatic nitrogens is 2. The molecule has 7 heteroatoms. The molecule has 0 aliphatic rings. The number of carbonyl (C=O) groups excluding carboxylic acids is 1. The lowest BCUT2D eigenvalue weighted by atomic mass is 10.2. The van der Waals surface area contributed by atoms with Crippen LogP contribution in [0.3, 0.4) is 0 Å². The van der Waals surface area contributed by atoms with Crippen molar-refractivity contribution < 1.29 is 9.18 Å². The van der Waals surface area contributed by atoms with Gasteiger partial charge in [0.1, 0.15) is 11.5 Å². The maximum atomic E-state index is 13.9. The van der Waals surface area contributed by atoms with Crippen molar-refractivity contribution in [1.82, 2.24) is 9.78 Å². The summed E-state index contributed by atoms with van der Waals surface area (Å²) in [5, 5.41) is 6.96. The standard InChI is InChI=1S/C17H12Br2FN3O/c1-10-12(9-21-23(10)16-5-3-2-4-14(16)20)17(24)22-15-7-6-11(18)8-13(15)19/h2-9H,1H3,(H,22,24). The fourth-order valence-corrected chi connectivity index (χ4v) is 3.43. The maximum Gasteiger partial charge on any atom is 0.259 e. The van der Waals surface area contributed by atoms with Gasteiger partial charge in [-0.3, -0.25) is 4.79 Å². The second-order valence-electron chi connectivity index (χ2n) is 5.09. The molecule has 0 bridgehead atoms. The molecule has 1 aromatic heterocycles. The van der Waals surface area contributed by atoms with Crippen LogP contribution >= 0.6 is 31.9 Å². The Labute approximate surface area is 154 Å². The molecule has 0 saturated heterocycles. The number of rotatable bonds is 3. The first-order chi connectivity index (χ1) is 11.5. The van der Waals surface area contributed by atoms with E-state index in [-0.39, 0.29) is 5.91 Å². The van der Waals surface area contributed by atoms with E-state index in [2.05, 4.69) is 42.3 Å². The molecule has 2 aromatic carbocycles. The summed E-state index contributed by atoms with van der Waals surface area (Å²) in [6.07, 6.45) is 1.43. The first-order valence-electron chi connectivity index (χ1n) is 7.03. The number of amides is 1. The Bertz CT molecular complexity index is 924. The number of benzene rings is 2. The van der Waals surface area contributed by atoms with E-state index < -0.39 is 5.82 Å². The zero-order valence-electron chi connectivity index (χ0n) is 12.6. The number of hydrogen-bond acceptors (Lipinski definition) is 2. The summed E-state index contributed by atoms with van der Waals surface area (Å²) in [6.45, 7) is 1.73. The summed E-state index contributed by atoms with van der Waals surface area (Å²) in [5.41, 5.74) is 1.89. The van der Waals surface area contributed by atoms with E-state index in [9.17, 15) is 9.18 Å². The minimum atomic E-state index is -0.397. The fourth-order valence-electron chi connectivity index (χ4n) is 2.28. The molecule has 3 rings (SSSR count). The van der Waals surface area contributed by atoms with Crippen molar-refractivity contribution in [1.29, 1.82) is 0 Å². The van der Waals surface area contributed by atoms with E-state index in [1.165, 1.54) is 16.9 Å². The van der Waals surface area contributed by atoms with Crippen LogP contribution in [0.25, 0.3) is 5.69 Å². The van der Waals surface area contributed by atoms with Crippen LogP contribution < -0.4 is 5.32 Å². The molecule has 0 radical (unpaired) electrons. The number of nitrogens with one attached hydrogen (secondary N) is 1. The number of nitrogens with zero attached hydrogens (tertiary/aromatic N) is 2. The quantitative estimate of drug-likeness (QED) is 0.601. The molecular formula is C17H12Br2FN3O. The predicted octanol–water partition coefficient (Wildman–Crippen LogP) is 5.10. The monoisotopic (exact) mass is 451 g/mol. The van der Waals surface area contributed by atoms with Crippen LogP contribution in [0.5, 0.6) is 0 Å². The Kier molecular flexibility index (Phi) is 4.82. The minimum Gasteiger partial charge on any atom is -0.321 e. The van der Waals surface area contributed by atoms with Gasteiger partial charge < -0.3 is 5.32 Å². The van der Waals surface area contributed by atoms with Crippen molar-refractivity contribution in [3.8, 4) is 5.69 Å². The Balaban J connectivity index is 1.91. The van der Waals surface area contributed by atoms with Gasteiger partial charge in [0.05, 0.1) is 23.1 Å². The summed E-state index contributed by atoms with van der Waals surface area (Å²) in [7, 11) is 0. The zero-order valence-corrected chi connectivity index (χ0v) is 15.7. The van der Waals surface area contributed by atoms with E-state index in [1.54, 1.807) is 31.2 Å². The van der Waals surface area contributed by atoms with Crippen molar-refractivity contribution >= 4 is 43.5 Å². The molecule has 1 heterocycles. The molecule has 0 saturated carbocycles. The highest BCUT2D eigenvalue weighted by molar-refractivity contribution is 9.11. The largest absolute Gasteiger partial charge is 0.321 e. The molecule has 0 aliphatic heterocycles. The average Bonchev–Trinajstić information content (AvgIpc) is 2.92. The van der Waals surface area contributed by atoms with Gasteiger partial charge in [0.2, 0.25) is 0 Å². The molecule has 3 aromatic rings. The summed E-state index contributed by atoms with van der Waals surface area (Å²) >= 11 is 6.77. The van der Waals surface area contributed by atoms with Crippen molar-refractivity contribution in [2.75, 3.05) is 5.32 Å². The summed E-state index contributed by atoms with van der Waals surface area (Å²) < 4.78 is 17.0. The van der Waals surface area contributed by atoms with Crippen molar-refractivity contribution in [3.05, 3.63) is 74.7 Å². The molecule has 1 amide bonds. The Morgan fingerprint density at radius 1 is 1.21 bits per heavy atom. The van der Waals surface area contributed by atoms with Gasteiger partial charge >= 0.3 is 0 Å². The normalized spacial score (nSPS) is 10.7. The third-order valence-corrected chi connectivity index (χ3v) is 4.66. The van der Waals surface area contributed by atoms with Crippen LogP contribution in [-0.4, -0.2) is 15.7 Å². The van der Waals surface area contributed by atoms with Gasteiger partial charge in [-0.1, -0.05) is 28.1 Å². The molecule has 0 spiro atoms. The third kappa shape index (κ3) is 3.27. The lowest BCUT2D eigenvalue weighted by Crippen LogP contribution is -2.13. The highest BCUT2D eigenvalue weighted by Crippen LogP contribution is 2.27. The van der Waals surface area contributed by atoms with Gasteiger partial charge in [-0.05, 0) is 53.2 Å². The summed E-state index contributed by atoms with van der Waals surface area (Å²) in [6, 6.07) is 11.7. The molecule has 0 atom stereocenters. The topological polar surface area (TPSA) is 46.9 Å². The van der Waals surface area contributed by atoms with Gasteiger partial charge in [0, 0.05) is 8.95 Å². The molecule has 1 N–H and O–H groups in total. The highest BCUT2D eigenvalue weighted by atomic mass is 79.9. The minimum absolute atomic E-state index is 0.305. The van der Waals surface area contributed by atoms with Crippen molar-refractivity contribution in [2.24, 2.45) is 0 Å². The second-order valence-corrected chi connectivity index (χ2v) is 6.86. The fraction of sp³-hybridized carbons (Fsp3) is 0.0588. The molecule has 122 valence electrons. The van der Waals surface area contributed by atoms with Gasteiger partial charge in [-0.2, -0.15) is 5.10 Å². The lowest BCUT2D eigenvalue weighted by molar-refractivity contribution is 0.102. The Morgan fingerprint density at radius 2 is 1.96 bits per heavy atom. The highest BCUT2D eigenvalue weighted by Gasteiger charge is 2.17. The number of carbonyl (C=O) groups is 1. The zero-order chi connectivity index (χ0) is 17.3. The predicted molar refractivity (Wildman–Crippen MR) is 98.1 cm³/mol. The number of halogens is 3. The SMILES string of the molecule is Cc1c(C(=O)Nc2ccc(Br)cc2Br)cnn1-c1ccccc1F. The molecule has 0 fully saturated rings. The van der Waals surface area contributed by atoms with Crippen LogP contribution in [0.4, 0.5) is 10.1 Å². The van der Waals surface area contributed by atoms with Crippen molar-refractivity contribution in [3.63, 3.8) is 0 Å². The second kappa shape index (κ2) is 6.86. The van der Waals surface area contributed by atoms with Crippen molar-refractivity contribution in [2.45, 2.75) is 6.92 Å². The Morgan fingerprint density at radius 3 is 2.67 bits per heavy atom. The first kappa shape index (κ1) is 16.9. The summed E-state index contributed by atoms with van der Waals surface area (Å²) in [5.74, 6) is -0.704. The van der Waals surface area contributed by atoms with E-state index in [1.807, 2.05) is 12.1 Å². The number of para-hydroxylation sites is 1. The molecular weight excluding hydrogens is 441 g/mol. The molecule has 4 nitrogen and oxygen atoms in total. The van der Waals surface area contributed by atoms with Crippen LogP contribution in [-0.2, 0) is 0 Å². The van der Waals surface area contributed by atoms with Gasteiger partial charge in [0.25, 0.3) is 5.91 Å². The number of hydrogen-bond donors (Lipinski definition) is 1. The first-order valence-corrected chi connectivity index (χ1v) is 8.62. The number of anilines is 1. The molecule has 0 aliphatic carbocycles. The van der Waals surface area contributed by atoms with Gasteiger partial charge in [0.15, 0.2) is 0 Å². The maximum absolute atomic E-state index is 13.9.